The molecule has 1 heteroatoms. The standard InChI is InChI=1S/C14H12O/c1-11-9-13(7-8-14(11)10-15)12-5-3-2-4-6-12/h2-10H,1H3. The van der Waals surface area contributed by atoms with Crippen molar-refractivity contribution >= 4 is 6.29 Å². The third-order valence-corrected chi connectivity index (χ3v) is 2.50. The van der Waals surface area contributed by atoms with Gasteiger partial charge in [0, 0.05) is 5.56 Å². The highest BCUT2D eigenvalue weighted by atomic mass is 16.1. The Labute approximate surface area is 89.4 Å². The van der Waals surface area contributed by atoms with Crippen LogP contribution in [0.15, 0.2) is 48.5 Å². The first kappa shape index (κ1) is 9.66. The molecule has 0 aliphatic rings. The molecule has 2 rings (SSSR count). The first-order chi connectivity index (χ1) is 7.31. The van der Waals surface area contributed by atoms with Crippen molar-refractivity contribution in [3.05, 3.63) is 59.7 Å². The monoisotopic (exact) mass is 196 g/mol. The molecule has 0 bridgehead atoms. The Balaban J connectivity index is 2.47. The summed E-state index contributed by atoms with van der Waals surface area (Å²) in [7, 11) is 0. The fourth-order valence-corrected chi connectivity index (χ4v) is 1.62. The molecule has 0 aliphatic heterocycles. The molecule has 0 saturated carbocycles. The first-order valence-corrected chi connectivity index (χ1v) is 4.92. The lowest BCUT2D eigenvalue weighted by molar-refractivity contribution is 0.112. The van der Waals surface area contributed by atoms with Crippen molar-refractivity contribution in [3.8, 4) is 11.1 Å². The number of aldehydes is 1. The van der Waals surface area contributed by atoms with Crippen LogP contribution < -0.4 is 0 Å². The molecule has 0 aliphatic carbocycles. The summed E-state index contributed by atoms with van der Waals surface area (Å²) in [5, 5.41) is 0. The van der Waals surface area contributed by atoms with Crippen molar-refractivity contribution in [1.82, 2.24) is 0 Å². The lowest BCUT2D eigenvalue weighted by Crippen LogP contribution is -1.86. The Kier molecular flexibility index (Phi) is 2.64. The predicted octanol–water partition coefficient (Wildman–Crippen LogP) is 3.47. The van der Waals surface area contributed by atoms with Gasteiger partial charge in [-0.3, -0.25) is 4.79 Å². The fraction of sp³-hybridized carbons (Fsp3) is 0.0714. The second-order valence-corrected chi connectivity index (χ2v) is 3.56. The second-order valence-electron chi connectivity index (χ2n) is 3.56. The van der Waals surface area contributed by atoms with Crippen LogP contribution in [-0.2, 0) is 0 Å². The molecule has 1 nitrogen and oxygen atoms in total. The Morgan fingerprint density at radius 1 is 0.933 bits per heavy atom. The van der Waals surface area contributed by atoms with Gasteiger partial charge in [0.1, 0.15) is 6.29 Å². The van der Waals surface area contributed by atoms with Crippen LogP contribution in [0.5, 0.6) is 0 Å². The average molecular weight is 196 g/mol. The van der Waals surface area contributed by atoms with E-state index >= 15 is 0 Å². The Bertz CT molecular complexity index is 472. The fourth-order valence-electron chi connectivity index (χ4n) is 1.62. The molecule has 0 unspecified atom stereocenters. The van der Waals surface area contributed by atoms with Gasteiger partial charge in [-0.05, 0) is 23.6 Å². The number of aryl methyl sites for hydroxylation is 1. The smallest absolute Gasteiger partial charge is 0.150 e. The number of carbonyl (C=O) groups excluding carboxylic acids is 1. The van der Waals surface area contributed by atoms with Crippen LogP contribution in [0.4, 0.5) is 0 Å². The summed E-state index contributed by atoms with van der Waals surface area (Å²) in [6, 6.07) is 16.0. The summed E-state index contributed by atoms with van der Waals surface area (Å²) in [6.07, 6.45) is 0.893. The van der Waals surface area contributed by atoms with E-state index in [2.05, 4.69) is 12.1 Å². The normalized spacial score (nSPS) is 9.93. The summed E-state index contributed by atoms with van der Waals surface area (Å²) in [6.45, 7) is 1.95. The van der Waals surface area contributed by atoms with Crippen molar-refractivity contribution in [1.29, 1.82) is 0 Å². The molecule has 0 amide bonds. The summed E-state index contributed by atoms with van der Waals surface area (Å²) in [5.41, 5.74) is 4.11. The summed E-state index contributed by atoms with van der Waals surface area (Å²) in [4.78, 5) is 10.7. The average Bonchev–Trinajstić information content (AvgIpc) is 2.30. The molecule has 0 heterocycles. The van der Waals surface area contributed by atoms with E-state index in [0.717, 1.165) is 23.0 Å². The molecule has 2 aromatic carbocycles. The van der Waals surface area contributed by atoms with Gasteiger partial charge in [-0.2, -0.15) is 0 Å². The highest BCUT2D eigenvalue weighted by molar-refractivity contribution is 5.79. The van der Waals surface area contributed by atoms with Gasteiger partial charge in [0.2, 0.25) is 0 Å². The Hall–Kier alpha value is -1.89. The number of benzene rings is 2. The molecule has 0 atom stereocenters. The van der Waals surface area contributed by atoms with E-state index in [1.54, 1.807) is 0 Å². The number of hydrogen-bond donors (Lipinski definition) is 0. The SMILES string of the molecule is Cc1cc(-c2ccccc2)ccc1C=O. The molecule has 0 radical (unpaired) electrons. The second kappa shape index (κ2) is 4.09. The van der Waals surface area contributed by atoms with Crippen molar-refractivity contribution in [2.75, 3.05) is 0 Å². The van der Waals surface area contributed by atoms with Crippen molar-refractivity contribution < 1.29 is 4.79 Å². The third kappa shape index (κ3) is 1.96. The molecular weight excluding hydrogens is 184 g/mol. The molecule has 0 aromatic heterocycles. The first-order valence-electron chi connectivity index (χ1n) is 4.92. The number of carbonyl (C=O) groups is 1. The van der Waals surface area contributed by atoms with E-state index in [9.17, 15) is 4.79 Å². The predicted molar refractivity (Wildman–Crippen MR) is 62.0 cm³/mol. The van der Waals surface area contributed by atoms with Crippen LogP contribution in [0.25, 0.3) is 11.1 Å². The minimum absolute atomic E-state index is 0.759. The quantitative estimate of drug-likeness (QED) is 0.672. The molecule has 0 N–H and O–H groups in total. The van der Waals surface area contributed by atoms with E-state index in [-0.39, 0.29) is 0 Å². The van der Waals surface area contributed by atoms with Gasteiger partial charge in [0.05, 0.1) is 0 Å². The van der Waals surface area contributed by atoms with Crippen molar-refractivity contribution in [2.24, 2.45) is 0 Å². The van der Waals surface area contributed by atoms with Gasteiger partial charge in [-0.15, -0.1) is 0 Å². The van der Waals surface area contributed by atoms with E-state index in [4.69, 9.17) is 0 Å². The Morgan fingerprint density at radius 2 is 1.67 bits per heavy atom. The summed E-state index contributed by atoms with van der Waals surface area (Å²) < 4.78 is 0. The maximum Gasteiger partial charge on any atom is 0.150 e. The van der Waals surface area contributed by atoms with Gasteiger partial charge in [0.25, 0.3) is 0 Å². The summed E-state index contributed by atoms with van der Waals surface area (Å²) >= 11 is 0. The summed E-state index contributed by atoms with van der Waals surface area (Å²) in [5.74, 6) is 0. The van der Waals surface area contributed by atoms with Crippen LogP contribution in [0.1, 0.15) is 15.9 Å². The lowest BCUT2D eigenvalue weighted by atomic mass is 10.0. The zero-order valence-corrected chi connectivity index (χ0v) is 8.60. The van der Waals surface area contributed by atoms with Gasteiger partial charge in [-0.25, -0.2) is 0 Å². The largest absolute Gasteiger partial charge is 0.298 e. The van der Waals surface area contributed by atoms with Crippen LogP contribution in [0.3, 0.4) is 0 Å². The number of hydrogen-bond acceptors (Lipinski definition) is 1. The van der Waals surface area contributed by atoms with Crippen LogP contribution >= 0.6 is 0 Å². The molecule has 0 spiro atoms. The third-order valence-electron chi connectivity index (χ3n) is 2.50. The molecule has 0 saturated heterocycles. The van der Waals surface area contributed by atoms with Crippen LogP contribution in [0, 0.1) is 6.92 Å². The zero-order chi connectivity index (χ0) is 10.7. The highest BCUT2D eigenvalue weighted by Gasteiger charge is 2.00. The Morgan fingerprint density at radius 3 is 2.27 bits per heavy atom. The van der Waals surface area contributed by atoms with E-state index in [1.807, 2.05) is 43.3 Å². The van der Waals surface area contributed by atoms with Gasteiger partial charge < -0.3 is 0 Å². The van der Waals surface area contributed by atoms with Crippen molar-refractivity contribution in [3.63, 3.8) is 0 Å². The zero-order valence-electron chi connectivity index (χ0n) is 8.60. The van der Waals surface area contributed by atoms with Gasteiger partial charge in [0.15, 0.2) is 0 Å². The van der Waals surface area contributed by atoms with E-state index < -0.39 is 0 Å². The molecule has 0 fully saturated rings. The van der Waals surface area contributed by atoms with Crippen LogP contribution in [0.2, 0.25) is 0 Å². The van der Waals surface area contributed by atoms with E-state index in [0.29, 0.717) is 0 Å². The number of rotatable bonds is 2. The molecular formula is C14H12O. The lowest BCUT2D eigenvalue weighted by Gasteiger charge is -2.04. The van der Waals surface area contributed by atoms with Crippen LogP contribution in [-0.4, -0.2) is 6.29 Å². The van der Waals surface area contributed by atoms with E-state index in [1.165, 1.54) is 5.56 Å². The minimum Gasteiger partial charge on any atom is -0.298 e. The molecule has 74 valence electrons. The van der Waals surface area contributed by atoms with Gasteiger partial charge >= 0.3 is 0 Å². The molecule has 2 aromatic rings. The van der Waals surface area contributed by atoms with Crippen molar-refractivity contribution in [2.45, 2.75) is 6.92 Å². The highest BCUT2D eigenvalue weighted by Crippen LogP contribution is 2.21. The van der Waals surface area contributed by atoms with Gasteiger partial charge in [-0.1, -0.05) is 48.5 Å². The maximum atomic E-state index is 10.7. The molecule has 15 heavy (non-hydrogen) atoms. The topological polar surface area (TPSA) is 17.1 Å². The maximum absolute atomic E-state index is 10.7. The minimum atomic E-state index is 0.759.